The number of likely N-dealkylation sites (tertiary alicyclic amines) is 1. The molecule has 0 aromatic carbocycles. The van der Waals surface area contributed by atoms with Crippen molar-refractivity contribution < 1.29 is 19.5 Å². The Morgan fingerprint density at radius 3 is 2.67 bits per heavy atom. The van der Waals surface area contributed by atoms with Crippen LogP contribution in [0.4, 0.5) is 4.79 Å². The molecule has 0 aliphatic carbocycles. The van der Waals surface area contributed by atoms with Gasteiger partial charge in [0.2, 0.25) is 5.91 Å². The van der Waals surface area contributed by atoms with Crippen LogP contribution in [0.25, 0.3) is 0 Å². The van der Waals surface area contributed by atoms with E-state index in [-0.39, 0.29) is 43.3 Å². The van der Waals surface area contributed by atoms with E-state index in [2.05, 4.69) is 10.6 Å². The zero-order valence-electron chi connectivity index (χ0n) is 12.7. The minimum Gasteiger partial charge on any atom is -0.481 e. The predicted octanol–water partition coefficient (Wildman–Crippen LogP) is 0.797. The molecule has 1 saturated heterocycles. The Morgan fingerprint density at radius 1 is 1.33 bits per heavy atom. The number of piperidine rings is 1. The molecule has 3 N–H and O–H groups in total. The molecular formula is C14H25N3O4. The van der Waals surface area contributed by atoms with Crippen molar-refractivity contribution in [2.24, 2.45) is 5.92 Å². The Balaban J connectivity index is 2.28. The van der Waals surface area contributed by atoms with E-state index in [0.29, 0.717) is 13.1 Å². The Hall–Kier alpha value is -1.79. The molecule has 120 valence electrons. The number of carboxylic acid groups (broad SMARTS) is 1. The van der Waals surface area contributed by atoms with E-state index in [1.165, 1.54) is 0 Å². The summed E-state index contributed by atoms with van der Waals surface area (Å²) in [7, 11) is 0. The Bertz CT molecular complexity index is 384. The SMILES string of the molecule is CC(C)NC(=O)CCNC(=O)N1CCCC(CC(=O)O)C1. The highest BCUT2D eigenvalue weighted by Crippen LogP contribution is 2.19. The Morgan fingerprint density at radius 2 is 2.05 bits per heavy atom. The monoisotopic (exact) mass is 299 g/mol. The second-order valence-corrected chi connectivity index (χ2v) is 5.76. The Kier molecular flexibility index (Phi) is 6.98. The van der Waals surface area contributed by atoms with E-state index >= 15 is 0 Å². The molecule has 1 heterocycles. The van der Waals surface area contributed by atoms with Gasteiger partial charge in [0, 0.05) is 38.5 Å². The van der Waals surface area contributed by atoms with Crippen LogP contribution >= 0.6 is 0 Å². The van der Waals surface area contributed by atoms with Crippen molar-refractivity contribution in [3.8, 4) is 0 Å². The van der Waals surface area contributed by atoms with Crippen LogP contribution in [-0.2, 0) is 9.59 Å². The molecule has 7 nitrogen and oxygen atoms in total. The molecule has 0 saturated carbocycles. The lowest BCUT2D eigenvalue weighted by Crippen LogP contribution is -2.46. The molecule has 1 fully saturated rings. The summed E-state index contributed by atoms with van der Waals surface area (Å²) in [6, 6.07) is -0.130. The van der Waals surface area contributed by atoms with E-state index in [9.17, 15) is 14.4 Å². The van der Waals surface area contributed by atoms with Gasteiger partial charge >= 0.3 is 12.0 Å². The van der Waals surface area contributed by atoms with E-state index in [4.69, 9.17) is 5.11 Å². The second-order valence-electron chi connectivity index (χ2n) is 5.76. The number of amides is 3. The van der Waals surface area contributed by atoms with Crippen molar-refractivity contribution >= 4 is 17.9 Å². The van der Waals surface area contributed by atoms with Gasteiger partial charge in [-0.2, -0.15) is 0 Å². The molecule has 0 bridgehead atoms. The second kappa shape index (κ2) is 8.49. The fraction of sp³-hybridized carbons (Fsp3) is 0.786. The number of nitrogens with zero attached hydrogens (tertiary/aromatic N) is 1. The summed E-state index contributed by atoms with van der Waals surface area (Å²) in [6.45, 7) is 5.16. The maximum atomic E-state index is 12.0. The van der Waals surface area contributed by atoms with Crippen molar-refractivity contribution in [2.45, 2.75) is 45.6 Å². The minimum absolute atomic E-state index is 0.0197. The average molecular weight is 299 g/mol. The van der Waals surface area contributed by atoms with Gasteiger partial charge in [0.15, 0.2) is 0 Å². The normalized spacial score (nSPS) is 18.4. The fourth-order valence-corrected chi connectivity index (χ4v) is 2.45. The van der Waals surface area contributed by atoms with Crippen LogP contribution in [0, 0.1) is 5.92 Å². The third-order valence-electron chi connectivity index (χ3n) is 3.35. The number of carboxylic acids is 1. The van der Waals surface area contributed by atoms with Crippen molar-refractivity contribution in [2.75, 3.05) is 19.6 Å². The van der Waals surface area contributed by atoms with Gasteiger partial charge in [0.05, 0.1) is 0 Å². The molecule has 1 rings (SSSR count). The summed E-state index contributed by atoms with van der Waals surface area (Å²) < 4.78 is 0. The summed E-state index contributed by atoms with van der Waals surface area (Å²) in [4.78, 5) is 35.8. The van der Waals surface area contributed by atoms with Gasteiger partial charge in [-0.05, 0) is 32.6 Å². The molecule has 1 atom stereocenters. The zero-order valence-corrected chi connectivity index (χ0v) is 12.7. The number of urea groups is 1. The highest BCUT2D eigenvalue weighted by Gasteiger charge is 2.25. The fourth-order valence-electron chi connectivity index (χ4n) is 2.45. The highest BCUT2D eigenvalue weighted by molar-refractivity contribution is 5.78. The molecule has 1 aliphatic rings. The van der Waals surface area contributed by atoms with E-state index in [1.807, 2.05) is 13.8 Å². The lowest BCUT2D eigenvalue weighted by Gasteiger charge is -2.32. The number of aliphatic carboxylic acids is 1. The first-order valence-electron chi connectivity index (χ1n) is 7.42. The minimum atomic E-state index is -0.826. The lowest BCUT2D eigenvalue weighted by atomic mass is 9.95. The molecule has 0 aromatic heterocycles. The van der Waals surface area contributed by atoms with Gasteiger partial charge in [-0.3, -0.25) is 9.59 Å². The van der Waals surface area contributed by atoms with Crippen LogP contribution in [0.2, 0.25) is 0 Å². The van der Waals surface area contributed by atoms with Crippen LogP contribution in [0.5, 0.6) is 0 Å². The summed E-state index contributed by atoms with van der Waals surface area (Å²) in [5.41, 5.74) is 0. The molecule has 0 radical (unpaired) electrons. The van der Waals surface area contributed by atoms with Crippen LogP contribution in [0.1, 0.15) is 39.5 Å². The summed E-state index contributed by atoms with van der Waals surface area (Å²) in [5, 5.41) is 14.3. The van der Waals surface area contributed by atoms with Crippen LogP contribution in [-0.4, -0.2) is 53.6 Å². The van der Waals surface area contributed by atoms with Gasteiger partial charge in [-0.15, -0.1) is 0 Å². The zero-order chi connectivity index (χ0) is 15.8. The number of nitrogens with one attached hydrogen (secondary N) is 2. The molecular weight excluding hydrogens is 274 g/mol. The quantitative estimate of drug-likeness (QED) is 0.675. The Labute approximate surface area is 125 Å². The largest absolute Gasteiger partial charge is 0.481 e. The van der Waals surface area contributed by atoms with Crippen molar-refractivity contribution in [1.29, 1.82) is 0 Å². The lowest BCUT2D eigenvalue weighted by molar-refractivity contribution is -0.138. The highest BCUT2D eigenvalue weighted by atomic mass is 16.4. The van der Waals surface area contributed by atoms with Gasteiger partial charge in [-0.25, -0.2) is 4.79 Å². The topological polar surface area (TPSA) is 98.7 Å². The van der Waals surface area contributed by atoms with Gasteiger partial charge < -0.3 is 20.6 Å². The molecule has 0 aromatic rings. The van der Waals surface area contributed by atoms with Crippen molar-refractivity contribution in [3.63, 3.8) is 0 Å². The van der Waals surface area contributed by atoms with Crippen LogP contribution in [0.3, 0.4) is 0 Å². The third kappa shape index (κ3) is 6.97. The summed E-state index contributed by atoms with van der Waals surface area (Å²) in [5.74, 6) is -0.897. The summed E-state index contributed by atoms with van der Waals surface area (Å²) >= 11 is 0. The number of carbonyl (C=O) groups excluding carboxylic acids is 2. The maximum Gasteiger partial charge on any atom is 0.317 e. The molecule has 7 heteroatoms. The average Bonchev–Trinajstić information content (AvgIpc) is 2.37. The number of carbonyl (C=O) groups is 3. The first-order valence-corrected chi connectivity index (χ1v) is 7.42. The number of hydrogen-bond donors (Lipinski definition) is 3. The van der Waals surface area contributed by atoms with Gasteiger partial charge in [-0.1, -0.05) is 0 Å². The van der Waals surface area contributed by atoms with Gasteiger partial charge in [0.1, 0.15) is 0 Å². The van der Waals surface area contributed by atoms with Crippen molar-refractivity contribution in [3.05, 3.63) is 0 Å². The molecule has 0 spiro atoms. The standard InChI is InChI=1S/C14H25N3O4/c1-10(2)16-12(18)5-6-15-14(21)17-7-3-4-11(9-17)8-13(19)20/h10-11H,3-9H2,1-2H3,(H,15,21)(H,16,18)(H,19,20). The predicted molar refractivity (Wildman–Crippen MR) is 77.8 cm³/mol. The molecule has 3 amide bonds. The van der Waals surface area contributed by atoms with E-state index < -0.39 is 5.97 Å². The number of rotatable bonds is 6. The van der Waals surface area contributed by atoms with E-state index in [0.717, 1.165) is 12.8 Å². The molecule has 21 heavy (non-hydrogen) atoms. The van der Waals surface area contributed by atoms with E-state index in [1.54, 1.807) is 4.90 Å². The first-order chi connectivity index (χ1) is 9.88. The maximum absolute atomic E-state index is 12.0. The summed E-state index contributed by atoms with van der Waals surface area (Å²) in [6.07, 6.45) is 2.00. The molecule has 1 aliphatic heterocycles. The van der Waals surface area contributed by atoms with Crippen molar-refractivity contribution in [1.82, 2.24) is 15.5 Å². The third-order valence-corrected chi connectivity index (χ3v) is 3.35. The van der Waals surface area contributed by atoms with Crippen LogP contribution < -0.4 is 10.6 Å². The number of hydrogen-bond acceptors (Lipinski definition) is 3. The first kappa shape index (κ1) is 17.3. The van der Waals surface area contributed by atoms with Crippen LogP contribution in [0.15, 0.2) is 0 Å². The molecule has 1 unspecified atom stereocenters. The van der Waals surface area contributed by atoms with Gasteiger partial charge in [0.25, 0.3) is 0 Å². The smallest absolute Gasteiger partial charge is 0.317 e.